The zero-order valence-electron chi connectivity index (χ0n) is 12.4. The minimum Gasteiger partial charge on any atom is -0.299 e. The Kier molecular flexibility index (Phi) is 3.80. The van der Waals surface area contributed by atoms with Crippen LogP contribution in [0.2, 0.25) is 0 Å². The second-order valence-corrected chi connectivity index (χ2v) is 7.18. The van der Waals surface area contributed by atoms with Gasteiger partial charge in [0.2, 0.25) is 9.84 Å². The fourth-order valence-electron chi connectivity index (χ4n) is 2.62. The minimum absolute atomic E-state index is 0.00722. The first-order valence-electron chi connectivity index (χ1n) is 6.92. The van der Waals surface area contributed by atoms with Crippen molar-refractivity contribution in [1.29, 1.82) is 5.26 Å². The third-order valence-electron chi connectivity index (χ3n) is 3.75. The number of sulfone groups is 1. The van der Waals surface area contributed by atoms with Crippen molar-refractivity contribution in [2.24, 2.45) is 0 Å². The zero-order chi connectivity index (χ0) is 18.4. The van der Waals surface area contributed by atoms with Gasteiger partial charge in [0, 0.05) is 0 Å². The van der Waals surface area contributed by atoms with Gasteiger partial charge in [-0.25, -0.2) is 8.42 Å². The van der Waals surface area contributed by atoms with Crippen LogP contribution >= 0.6 is 0 Å². The molecule has 0 radical (unpaired) electrons. The molecule has 3 rings (SSSR count). The molecule has 9 heteroatoms. The molecule has 0 fully saturated rings. The van der Waals surface area contributed by atoms with E-state index in [-0.39, 0.29) is 21.7 Å². The third kappa shape index (κ3) is 2.74. The summed E-state index contributed by atoms with van der Waals surface area (Å²) in [4.78, 5) is 11.5. The fourth-order valence-corrected chi connectivity index (χ4v) is 4.33. The van der Waals surface area contributed by atoms with Crippen LogP contribution in [0.15, 0.2) is 52.3 Å². The number of para-hydroxylation sites is 1. The van der Waals surface area contributed by atoms with Gasteiger partial charge in [-0.15, -0.1) is 0 Å². The molecule has 0 spiro atoms. The number of hydrogen-bond acceptors (Lipinski definition) is 4. The van der Waals surface area contributed by atoms with Crippen molar-refractivity contribution in [3.8, 4) is 6.07 Å². The highest BCUT2D eigenvalue weighted by Gasteiger charge is 2.45. The van der Waals surface area contributed by atoms with Gasteiger partial charge in [0.15, 0.2) is 0 Å². The van der Waals surface area contributed by atoms with Crippen molar-refractivity contribution < 1.29 is 26.4 Å². The molecule has 0 atom stereocenters. The number of rotatable bonds is 0. The molecule has 1 amide bonds. The van der Waals surface area contributed by atoms with Crippen molar-refractivity contribution in [1.82, 2.24) is 0 Å². The molecule has 0 saturated heterocycles. The van der Waals surface area contributed by atoms with E-state index in [1.165, 1.54) is 24.3 Å². The Hall–Kier alpha value is -2.86. The Morgan fingerprint density at radius 3 is 2.44 bits per heavy atom. The Balaban J connectivity index is 2.33. The van der Waals surface area contributed by atoms with Crippen LogP contribution in [0.4, 0.5) is 18.9 Å². The molecule has 0 unspecified atom stereocenters. The first-order chi connectivity index (χ1) is 11.7. The zero-order valence-corrected chi connectivity index (χ0v) is 13.2. The van der Waals surface area contributed by atoms with Gasteiger partial charge in [-0.05, 0) is 29.8 Å². The van der Waals surface area contributed by atoms with E-state index in [4.69, 9.17) is 5.26 Å². The van der Waals surface area contributed by atoms with E-state index in [0.717, 1.165) is 18.2 Å². The normalized spacial score (nSPS) is 15.5. The monoisotopic (exact) mass is 366 g/mol. The lowest BCUT2D eigenvalue weighted by atomic mass is 10.1. The first-order valence-corrected chi connectivity index (χ1v) is 8.40. The van der Waals surface area contributed by atoms with Crippen molar-refractivity contribution in [2.75, 3.05) is 4.90 Å². The van der Waals surface area contributed by atoms with Crippen LogP contribution in [0.25, 0.3) is 0 Å². The van der Waals surface area contributed by atoms with Crippen LogP contribution in [0.3, 0.4) is 0 Å². The van der Waals surface area contributed by atoms with Crippen molar-refractivity contribution in [3.05, 3.63) is 53.6 Å². The van der Waals surface area contributed by atoms with Crippen LogP contribution in [0, 0.1) is 11.3 Å². The van der Waals surface area contributed by atoms with Gasteiger partial charge in [0.25, 0.3) is 0 Å². The molecule has 1 aliphatic rings. The largest absolute Gasteiger partial charge is 0.471 e. The molecule has 0 aliphatic carbocycles. The lowest BCUT2D eigenvalue weighted by Gasteiger charge is -2.23. The number of benzene rings is 2. The van der Waals surface area contributed by atoms with Gasteiger partial charge < -0.3 is 0 Å². The van der Waals surface area contributed by atoms with Crippen LogP contribution in [0.1, 0.15) is 11.1 Å². The first kappa shape index (κ1) is 17.0. The highest BCUT2D eigenvalue weighted by Crippen LogP contribution is 2.38. The maximum absolute atomic E-state index is 13.0. The van der Waals surface area contributed by atoms with Crippen LogP contribution in [-0.2, 0) is 21.2 Å². The van der Waals surface area contributed by atoms with E-state index in [2.05, 4.69) is 0 Å². The van der Waals surface area contributed by atoms with Gasteiger partial charge in [-0.3, -0.25) is 9.69 Å². The summed E-state index contributed by atoms with van der Waals surface area (Å²) >= 11 is 0. The molecule has 0 saturated carbocycles. The highest BCUT2D eigenvalue weighted by atomic mass is 32.2. The van der Waals surface area contributed by atoms with Crippen molar-refractivity contribution >= 4 is 21.4 Å². The van der Waals surface area contributed by atoms with Gasteiger partial charge >= 0.3 is 12.1 Å². The summed E-state index contributed by atoms with van der Waals surface area (Å²) in [5.74, 6) is -2.16. The Labute approximate surface area is 140 Å². The van der Waals surface area contributed by atoms with Crippen LogP contribution < -0.4 is 4.90 Å². The van der Waals surface area contributed by atoms with E-state index >= 15 is 0 Å². The summed E-state index contributed by atoms with van der Waals surface area (Å²) < 4.78 is 64.6. The number of nitriles is 1. The van der Waals surface area contributed by atoms with E-state index in [1.54, 1.807) is 6.07 Å². The smallest absolute Gasteiger partial charge is 0.299 e. The number of anilines is 1. The topological polar surface area (TPSA) is 78.2 Å². The standard InChI is InChI=1S/C16H9F3N2O3S/c17-16(18,19)15(22)21-9-11-6-5-10(8-20)7-14(11)25(23,24)13-4-2-1-3-12(13)21/h1-7H,9H2. The average Bonchev–Trinajstić information content (AvgIpc) is 2.67. The number of carbonyl (C=O) groups excluding carboxylic acids is 1. The SMILES string of the molecule is N#Cc1ccc2c(c1)S(=O)(=O)c1ccccc1N(C(=O)C(F)(F)F)C2. The molecule has 2 aromatic rings. The fraction of sp³-hybridized carbons (Fsp3) is 0.125. The molecular formula is C16H9F3N2O3S. The van der Waals surface area contributed by atoms with Gasteiger partial charge in [0.1, 0.15) is 0 Å². The Bertz CT molecular complexity index is 1020. The molecule has 0 aromatic heterocycles. The lowest BCUT2D eigenvalue weighted by Crippen LogP contribution is -2.40. The predicted molar refractivity (Wildman–Crippen MR) is 80.3 cm³/mol. The summed E-state index contributed by atoms with van der Waals surface area (Å²) in [6, 6.07) is 10.4. The Morgan fingerprint density at radius 2 is 1.80 bits per heavy atom. The molecule has 0 N–H and O–H groups in total. The molecule has 0 bridgehead atoms. The summed E-state index contributed by atoms with van der Waals surface area (Å²) in [6.45, 7) is -0.574. The van der Waals surface area contributed by atoms with E-state index in [0.29, 0.717) is 4.90 Å². The molecule has 2 aromatic carbocycles. The second kappa shape index (κ2) is 5.60. The molecule has 1 aliphatic heterocycles. The summed E-state index contributed by atoms with van der Waals surface area (Å²) in [7, 11) is -4.19. The molecule has 128 valence electrons. The van der Waals surface area contributed by atoms with Crippen molar-refractivity contribution in [2.45, 2.75) is 22.5 Å². The number of nitrogens with zero attached hydrogens (tertiary/aromatic N) is 2. The van der Waals surface area contributed by atoms with Gasteiger partial charge in [-0.1, -0.05) is 18.2 Å². The number of fused-ring (bicyclic) bond motifs is 2. The third-order valence-corrected chi connectivity index (χ3v) is 5.63. The van der Waals surface area contributed by atoms with Crippen molar-refractivity contribution in [3.63, 3.8) is 0 Å². The van der Waals surface area contributed by atoms with E-state index < -0.39 is 33.4 Å². The maximum atomic E-state index is 13.0. The lowest BCUT2D eigenvalue weighted by molar-refractivity contribution is -0.170. The number of hydrogen-bond donors (Lipinski definition) is 0. The van der Waals surface area contributed by atoms with E-state index in [9.17, 15) is 26.4 Å². The summed E-state index contributed by atoms with van der Waals surface area (Å²) in [6.07, 6.45) is -5.16. The number of carbonyl (C=O) groups is 1. The number of halogens is 3. The molecule has 25 heavy (non-hydrogen) atoms. The van der Waals surface area contributed by atoms with Gasteiger partial charge in [-0.2, -0.15) is 18.4 Å². The highest BCUT2D eigenvalue weighted by molar-refractivity contribution is 7.91. The van der Waals surface area contributed by atoms with E-state index in [1.807, 2.05) is 0 Å². The second-order valence-electron chi connectivity index (χ2n) is 5.29. The number of alkyl halides is 3. The molecule has 1 heterocycles. The average molecular weight is 366 g/mol. The van der Waals surface area contributed by atoms with Crippen LogP contribution in [-0.4, -0.2) is 20.5 Å². The maximum Gasteiger partial charge on any atom is 0.471 e. The van der Waals surface area contributed by atoms with Gasteiger partial charge in [0.05, 0.1) is 33.7 Å². The molecular weight excluding hydrogens is 357 g/mol. The van der Waals surface area contributed by atoms with Crippen LogP contribution in [0.5, 0.6) is 0 Å². The summed E-state index contributed by atoms with van der Waals surface area (Å²) in [5.41, 5.74) is -0.289. The predicted octanol–water partition coefficient (Wildman–Crippen LogP) is 2.80. The Morgan fingerprint density at radius 1 is 1.12 bits per heavy atom. The summed E-state index contributed by atoms with van der Waals surface area (Å²) in [5, 5.41) is 8.96. The molecule has 5 nitrogen and oxygen atoms in total. The quantitative estimate of drug-likeness (QED) is 0.718. The number of amides is 1. The minimum atomic E-state index is -5.16.